The average molecular weight is 403 g/mol. The van der Waals surface area contributed by atoms with E-state index in [1.165, 1.54) is 18.9 Å². The van der Waals surface area contributed by atoms with E-state index in [4.69, 9.17) is 25.8 Å². The first kappa shape index (κ1) is 19.5. The Morgan fingerprint density at radius 1 is 1.04 bits per heavy atom. The van der Waals surface area contributed by atoms with Gasteiger partial charge in [-0.2, -0.15) is 0 Å². The minimum Gasteiger partial charge on any atom is -0.497 e. The number of rotatable bonds is 6. The Balaban J connectivity index is 1.87. The van der Waals surface area contributed by atoms with Crippen LogP contribution in [0.1, 0.15) is 16.2 Å². The summed E-state index contributed by atoms with van der Waals surface area (Å²) in [6, 6.07) is 10.3. The van der Waals surface area contributed by atoms with Gasteiger partial charge in [-0.3, -0.25) is 4.79 Å². The molecule has 3 rings (SSSR count). The van der Waals surface area contributed by atoms with Crippen LogP contribution in [-0.2, 0) is 0 Å². The van der Waals surface area contributed by atoms with Gasteiger partial charge < -0.3 is 19.5 Å². The summed E-state index contributed by atoms with van der Waals surface area (Å²) in [7, 11) is 4.61. The Hall–Kier alpha value is -3.26. The van der Waals surface area contributed by atoms with Crippen LogP contribution in [0.3, 0.4) is 0 Å². The first-order valence-corrected chi connectivity index (χ1v) is 8.66. The third-order valence-electron chi connectivity index (χ3n) is 4.15. The molecule has 0 aliphatic rings. The fourth-order valence-corrected chi connectivity index (χ4v) is 2.91. The SMILES string of the molecule is COc1ccc(NC(=O)c2nnn(-c3ccc(OC)c(Cl)c3)c2C)c(OC)c1. The normalized spacial score (nSPS) is 10.5. The minimum absolute atomic E-state index is 0.185. The van der Waals surface area contributed by atoms with Crippen molar-refractivity contribution in [3.05, 3.63) is 52.8 Å². The summed E-state index contributed by atoms with van der Waals surface area (Å²) in [5, 5.41) is 11.3. The second-order valence-electron chi connectivity index (χ2n) is 5.77. The van der Waals surface area contributed by atoms with Crippen LogP contribution in [0, 0.1) is 6.92 Å². The van der Waals surface area contributed by atoms with Gasteiger partial charge in [-0.05, 0) is 37.3 Å². The molecule has 0 bridgehead atoms. The molecule has 9 heteroatoms. The van der Waals surface area contributed by atoms with Gasteiger partial charge in [0.1, 0.15) is 17.2 Å². The number of carbonyl (C=O) groups excluding carboxylic acids is 1. The standard InChI is InChI=1S/C19H19ClN4O4/c1-11-18(19(25)21-15-7-6-13(26-2)10-17(15)28-4)22-23-24(11)12-5-8-16(27-3)14(20)9-12/h5-10H,1-4H3,(H,21,25). The predicted molar refractivity (Wildman–Crippen MR) is 105 cm³/mol. The highest BCUT2D eigenvalue weighted by molar-refractivity contribution is 6.32. The van der Waals surface area contributed by atoms with Crippen LogP contribution >= 0.6 is 11.6 Å². The Bertz CT molecular complexity index is 1020. The molecule has 1 aromatic heterocycles. The van der Waals surface area contributed by atoms with Crippen LogP contribution in [0.4, 0.5) is 5.69 Å². The molecular weight excluding hydrogens is 384 g/mol. The molecule has 0 aliphatic carbocycles. The van der Waals surface area contributed by atoms with Crippen molar-refractivity contribution >= 4 is 23.2 Å². The van der Waals surface area contributed by atoms with E-state index in [1.807, 2.05) is 0 Å². The summed E-state index contributed by atoms with van der Waals surface area (Å²) in [5.74, 6) is 1.23. The number of aromatic nitrogens is 3. The molecule has 3 aromatic rings. The van der Waals surface area contributed by atoms with Crippen LogP contribution in [0.15, 0.2) is 36.4 Å². The number of hydrogen-bond donors (Lipinski definition) is 1. The molecule has 0 aliphatic heterocycles. The molecule has 8 nitrogen and oxygen atoms in total. The summed E-state index contributed by atoms with van der Waals surface area (Å²) in [6.45, 7) is 1.75. The van der Waals surface area contributed by atoms with E-state index in [-0.39, 0.29) is 5.69 Å². The summed E-state index contributed by atoms with van der Waals surface area (Å²) in [5.41, 5.74) is 1.91. The second kappa shape index (κ2) is 8.18. The van der Waals surface area contributed by atoms with E-state index in [1.54, 1.807) is 50.4 Å². The molecule has 1 N–H and O–H groups in total. The number of ether oxygens (including phenoxy) is 3. The lowest BCUT2D eigenvalue weighted by Crippen LogP contribution is -2.15. The first-order chi connectivity index (χ1) is 13.5. The van der Waals surface area contributed by atoms with Gasteiger partial charge in [-0.25, -0.2) is 4.68 Å². The largest absolute Gasteiger partial charge is 0.497 e. The summed E-state index contributed by atoms with van der Waals surface area (Å²) < 4.78 is 17.1. The van der Waals surface area contributed by atoms with Crippen molar-refractivity contribution < 1.29 is 19.0 Å². The summed E-state index contributed by atoms with van der Waals surface area (Å²) >= 11 is 6.18. The molecule has 146 valence electrons. The highest BCUT2D eigenvalue weighted by atomic mass is 35.5. The highest BCUT2D eigenvalue weighted by Gasteiger charge is 2.19. The van der Waals surface area contributed by atoms with E-state index in [0.717, 1.165) is 0 Å². The van der Waals surface area contributed by atoms with Crippen molar-refractivity contribution in [3.63, 3.8) is 0 Å². The Morgan fingerprint density at radius 3 is 2.43 bits per heavy atom. The van der Waals surface area contributed by atoms with Gasteiger partial charge >= 0.3 is 0 Å². The van der Waals surface area contributed by atoms with Crippen molar-refractivity contribution in [2.24, 2.45) is 0 Å². The Kier molecular flexibility index (Phi) is 5.70. The molecule has 0 spiro atoms. The maximum Gasteiger partial charge on any atom is 0.278 e. The molecule has 0 atom stereocenters. The van der Waals surface area contributed by atoms with Crippen LogP contribution in [0.2, 0.25) is 5.02 Å². The second-order valence-corrected chi connectivity index (χ2v) is 6.18. The lowest BCUT2D eigenvalue weighted by atomic mass is 10.2. The van der Waals surface area contributed by atoms with Crippen LogP contribution < -0.4 is 19.5 Å². The van der Waals surface area contributed by atoms with Crippen LogP contribution in [-0.4, -0.2) is 42.2 Å². The van der Waals surface area contributed by atoms with Crippen molar-refractivity contribution in [3.8, 4) is 22.9 Å². The number of methoxy groups -OCH3 is 3. The lowest BCUT2D eigenvalue weighted by molar-refractivity contribution is 0.102. The number of hydrogen-bond acceptors (Lipinski definition) is 6. The smallest absolute Gasteiger partial charge is 0.278 e. The monoisotopic (exact) mass is 402 g/mol. The molecule has 0 unspecified atom stereocenters. The number of nitrogens with zero attached hydrogens (tertiary/aromatic N) is 3. The van der Waals surface area contributed by atoms with Gasteiger partial charge in [0.15, 0.2) is 5.69 Å². The van der Waals surface area contributed by atoms with Crippen LogP contribution in [0.25, 0.3) is 5.69 Å². The minimum atomic E-state index is -0.410. The van der Waals surface area contributed by atoms with Gasteiger partial charge in [-0.1, -0.05) is 16.8 Å². The van der Waals surface area contributed by atoms with E-state index in [2.05, 4.69) is 15.6 Å². The molecule has 28 heavy (non-hydrogen) atoms. The Labute approximate surface area is 167 Å². The van der Waals surface area contributed by atoms with Gasteiger partial charge in [0.25, 0.3) is 5.91 Å². The van der Waals surface area contributed by atoms with Crippen molar-refractivity contribution in [1.29, 1.82) is 0 Å². The van der Waals surface area contributed by atoms with Crippen molar-refractivity contribution in [2.75, 3.05) is 26.6 Å². The first-order valence-electron chi connectivity index (χ1n) is 8.28. The molecule has 0 saturated carbocycles. The van der Waals surface area contributed by atoms with Crippen molar-refractivity contribution in [1.82, 2.24) is 15.0 Å². The van der Waals surface area contributed by atoms with E-state index < -0.39 is 5.91 Å². The quantitative estimate of drug-likeness (QED) is 0.678. The number of anilines is 1. The lowest BCUT2D eigenvalue weighted by Gasteiger charge is -2.11. The molecule has 2 aromatic carbocycles. The highest BCUT2D eigenvalue weighted by Crippen LogP contribution is 2.30. The predicted octanol–water partition coefficient (Wildman–Crippen LogP) is 3.51. The topological polar surface area (TPSA) is 87.5 Å². The van der Waals surface area contributed by atoms with Gasteiger partial charge in [0.05, 0.1) is 43.4 Å². The maximum atomic E-state index is 12.7. The fourth-order valence-electron chi connectivity index (χ4n) is 2.65. The molecule has 0 fully saturated rings. The summed E-state index contributed by atoms with van der Waals surface area (Å²) in [6.07, 6.45) is 0. The van der Waals surface area contributed by atoms with Crippen molar-refractivity contribution in [2.45, 2.75) is 6.92 Å². The number of halogens is 1. The average Bonchev–Trinajstić information content (AvgIpc) is 3.09. The Morgan fingerprint density at radius 2 is 1.79 bits per heavy atom. The van der Waals surface area contributed by atoms with E-state index in [0.29, 0.717) is 39.3 Å². The third-order valence-corrected chi connectivity index (χ3v) is 4.44. The molecule has 1 amide bonds. The molecule has 1 heterocycles. The summed E-state index contributed by atoms with van der Waals surface area (Å²) in [4.78, 5) is 12.7. The van der Waals surface area contributed by atoms with Gasteiger partial charge in [0, 0.05) is 6.07 Å². The zero-order valence-electron chi connectivity index (χ0n) is 15.8. The maximum absolute atomic E-state index is 12.7. The van der Waals surface area contributed by atoms with Gasteiger partial charge in [0.2, 0.25) is 0 Å². The number of benzene rings is 2. The third kappa shape index (κ3) is 3.72. The van der Waals surface area contributed by atoms with E-state index in [9.17, 15) is 4.79 Å². The zero-order chi connectivity index (χ0) is 20.3. The molecular formula is C19H19ClN4O4. The number of nitrogens with one attached hydrogen (secondary N) is 1. The van der Waals surface area contributed by atoms with Gasteiger partial charge in [-0.15, -0.1) is 5.10 Å². The zero-order valence-corrected chi connectivity index (χ0v) is 16.6. The van der Waals surface area contributed by atoms with E-state index >= 15 is 0 Å². The number of amides is 1. The molecule has 0 saturated heterocycles. The number of carbonyl (C=O) groups is 1. The molecule has 0 radical (unpaired) electrons. The van der Waals surface area contributed by atoms with Crippen LogP contribution in [0.5, 0.6) is 17.2 Å². The fraction of sp³-hybridized carbons (Fsp3) is 0.211.